The monoisotopic (exact) mass is 407 g/mol. The van der Waals surface area contributed by atoms with Crippen molar-refractivity contribution in [3.05, 3.63) is 70.4 Å². The lowest BCUT2D eigenvalue weighted by atomic mass is 10.2. The van der Waals surface area contributed by atoms with Gasteiger partial charge in [-0.1, -0.05) is 25.1 Å². The van der Waals surface area contributed by atoms with E-state index >= 15 is 0 Å². The van der Waals surface area contributed by atoms with Crippen LogP contribution in [0.5, 0.6) is 0 Å². The Balaban J connectivity index is 1.49. The van der Waals surface area contributed by atoms with Crippen molar-refractivity contribution < 1.29 is 4.79 Å². The van der Waals surface area contributed by atoms with Gasteiger partial charge < -0.3 is 5.32 Å². The number of benzene rings is 2. The zero-order valence-corrected chi connectivity index (χ0v) is 16.7. The summed E-state index contributed by atoms with van der Waals surface area (Å²) < 4.78 is 0. The molecule has 4 aromatic rings. The van der Waals surface area contributed by atoms with E-state index < -0.39 is 0 Å². The predicted octanol–water partition coefficient (Wildman–Crippen LogP) is 4.17. The van der Waals surface area contributed by atoms with E-state index in [0.717, 1.165) is 28.8 Å². The molecule has 28 heavy (non-hydrogen) atoms. The second-order valence-corrected chi connectivity index (χ2v) is 7.45. The summed E-state index contributed by atoms with van der Waals surface area (Å²) in [6.07, 6.45) is 0.993. The SMILES string of the molecule is CCc1ccc(-n2nc3ccc(NC(=S)NC(=O)c4cccs4)cc3n2)cc1. The molecule has 0 bridgehead atoms. The molecule has 0 saturated carbocycles. The van der Waals surface area contributed by atoms with Crippen LogP contribution in [0.1, 0.15) is 22.2 Å². The predicted molar refractivity (Wildman–Crippen MR) is 116 cm³/mol. The number of hydrogen-bond donors (Lipinski definition) is 2. The van der Waals surface area contributed by atoms with Gasteiger partial charge in [-0.15, -0.1) is 21.5 Å². The van der Waals surface area contributed by atoms with E-state index in [1.165, 1.54) is 16.9 Å². The van der Waals surface area contributed by atoms with Crippen molar-refractivity contribution in [1.29, 1.82) is 0 Å². The van der Waals surface area contributed by atoms with Crippen LogP contribution in [0.3, 0.4) is 0 Å². The molecule has 6 nitrogen and oxygen atoms in total. The smallest absolute Gasteiger partial charge is 0.267 e. The topological polar surface area (TPSA) is 71.8 Å². The normalized spacial score (nSPS) is 10.8. The van der Waals surface area contributed by atoms with Crippen LogP contribution in [0.4, 0.5) is 5.69 Å². The van der Waals surface area contributed by atoms with Gasteiger partial charge in [-0.25, -0.2) is 0 Å². The van der Waals surface area contributed by atoms with Gasteiger partial charge in [0.25, 0.3) is 5.91 Å². The number of amides is 1. The second kappa shape index (κ2) is 7.87. The van der Waals surface area contributed by atoms with Crippen LogP contribution in [-0.4, -0.2) is 26.0 Å². The third-order valence-corrected chi connectivity index (χ3v) is 5.26. The second-order valence-electron chi connectivity index (χ2n) is 6.10. The molecule has 2 heterocycles. The van der Waals surface area contributed by atoms with E-state index in [0.29, 0.717) is 4.88 Å². The highest BCUT2D eigenvalue weighted by molar-refractivity contribution is 7.80. The van der Waals surface area contributed by atoms with Crippen molar-refractivity contribution in [3.63, 3.8) is 0 Å². The van der Waals surface area contributed by atoms with Crippen LogP contribution >= 0.6 is 23.6 Å². The first kappa shape index (κ1) is 18.3. The molecule has 0 fully saturated rings. The molecular formula is C20H17N5OS2. The van der Waals surface area contributed by atoms with Crippen LogP contribution < -0.4 is 10.6 Å². The Morgan fingerprint density at radius 1 is 1.11 bits per heavy atom. The number of aromatic nitrogens is 3. The third-order valence-electron chi connectivity index (χ3n) is 4.19. The summed E-state index contributed by atoms with van der Waals surface area (Å²) in [5, 5.41) is 16.8. The number of carbonyl (C=O) groups excluding carboxylic acids is 1. The molecule has 0 saturated heterocycles. The Hall–Kier alpha value is -3.10. The lowest BCUT2D eigenvalue weighted by Gasteiger charge is -2.08. The molecule has 1 amide bonds. The number of anilines is 1. The molecule has 0 aliphatic rings. The maximum atomic E-state index is 12.1. The standard InChI is InChI=1S/C20H17N5OS2/c1-2-13-5-8-15(9-6-13)25-23-16-10-7-14(12-17(16)24-25)21-20(27)22-19(26)18-4-3-11-28-18/h3-12H,2H2,1H3,(H2,21,22,26,27). The highest BCUT2D eigenvalue weighted by atomic mass is 32.1. The van der Waals surface area contributed by atoms with Gasteiger partial charge in [-0.2, -0.15) is 4.80 Å². The van der Waals surface area contributed by atoms with E-state index in [1.54, 1.807) is 10.9 Å². The van der Waals surface area contributed by atoms with Gasteiger partial charge in [-0.3, -0.25) is 10.1 Å². The maximum Gasteiger partial charge on any atom is 0.267 e. The van der Waals surface area contributed by atoms with Gasteiger partial charge in [-0.05, 0) is 66.0 Å². The molecule has 8 heteroatoms. The number of rotatable bonds is 4. The van der Waals surface area contributed by atoms with Gasteiger partial charge in [0.2, 0.25) is 0 Å². The first-order chi connectivity index (χ1) is 13.6. The molecule has 0 atom stereocenters. The van der Waals surface area contributed by atoms with E-state index in [-0.39, 0.29) is 11.0 Å². The number of aryl methyl sites for hydroxylation is 1. The Kier molecular flexibility index (Phi) is 5.14. The van der Waals surface area contributed by atoms with E-state index in [9.17, 15) is 4.79 Å². The van der Waals surface area contributed by atoms with Gasteiger partial charge in [0.1, 0.15) is 11.0 Å². The fourth-order valence-corrected chi connectivity index (χ4v) is 3.54. The molecule has 0 radical (unpaired) electrons. The Morgan fingerprint density at radius 3 is 2.61 bits per heavy atom. The molecule has 140 valence electrons. The average molecular weight is 408 g/mol. The lowest BCUT2D eigenvalue weighted by molar-refractivity contribution is 0.0981. The number of nitrogens with one attached hydrogen (secondary N) is 2. The summed E-state index contributed by atoms with van der Waals surface area (Å²) in [6.45, 7) is 2.12. The number of carbonyl (C=O) groups is 1. The number of thiocarbonyl (C=S) groups is 1. The molecule has 2 aromatic carbocycles. The van der Waals surface area contributed by atoms with Crippen molar-refractivity contribution in [2.24, 2.45) is 0 Å². The molecule has 2 N–H and O–H groups in total. The van der Waals surface area contributed by atoms with Gasteiger partial charge in [0.05, 0.1) is 10.6 Å². The molecular weight excluding hydrogens is 390 g/mol. The van der Waals surface area contributed by atoms with Crippen molar-refractivity contribution in [2.45, 2.75) is 13.3 Å². The third kappa shape index (κ3) is 3.92. The highest BCUT2D eigenvalue weighted by Crippen LogP contribution is 2.18. The summed E-state index contributed by atoms with van der Waals surface area (Å²) in [5.74, 6) is -0.227. The fourth-order valence-electron chi connectivity index (χ4n) is 2.71. The molecule has 2 aromatic heterocycles. The number of hydrogen-bond acceptors (Lipinski definition) is 5. The molecule has 0 aliphatic carbocycles. The minimum atomic E-state index is -0.227. The minimum absolute atomic E-state index is 0.227. The maximum absolute atomic E-state index is 12.1. The summed E-state index contributed by atoms with van der Waals surface area (Å²) in [5.41, 5.74) is 4.42. The number of nitrogens with zero attached hydrogens (tertiary/aromatic N) is 3. The summed E-state index contributed by atoms with van der Waals surface area (Å²) >= 11 is 6.60. The highest BCUT2D eigenvalue weighted by Gasteiger charge is 2.10. The molecule has 0 spiro atoms. The van der Waals surface area contributed by atoms with Crippen LogP contribution in [0.2, 0.25) is 0 Å². The summed E-state index contributed by atoms with van der Waals surface area (Å²) in [4.78, 5) is 14.3. The van der Waals surface area contributed by atoms with Crippen LogP contribution in [-0.2, 0) is 6.42 Å². The quantitative estimate of drug-likeness (QED) is 0.497. The van der Waals surface area contributed by atoms with Crippen molar-refractivity contribution in [3.8, 4) is 5.69 Å². The first-order valence-corrected chi connectivity index (χ1v) is 10.0. The van der Waals surface area contributed by atoms with E-state index in [2.05, 4.69) is 39.9 Å². The molecule has 0 unspecified atom stereocenters. The van der Waals surface area contributed by atoms with Crippen LogP contribution in [0, 0.1) is 0 Å². The minimum Gasteiger partial charge on any atom is -0.332 e. The zero-order valence-electron chi connectivity index (χ0n) is 15.0. The molecule has 0 aliphatic heterocycles. The fraction of sp³-hybridized carbons (Fsp3) is 0.100. The van der Waals surface area contributed by atoms with E-state index in [1.807, 2.05) is 41.8 Å². The van der Waals surface area contributed by atoms with Gasteiger partial charge in [0.15, 0.2) is 5.11 Å². The Bertz CT molecular complexity index is 1130. The van der Waals surface area contributed by atoms with Gasteiger partial charge >= 0.3 is 0 Å². The average Bonchev–Trinajstić information content (AvgIpc) is 3.37. The first-order valence-electron chi connectivity index (χ1n) is 8.74. The van der Waals surface area contributed by atoms with E-state index in [4.69, 9.17) is 12.2 Å². The number of thiophene rings is 1. The Labute approximate surface area is 171 Å². The Morgan fingerprint density at radius 2 is 1.89 bits per heavy atom. The lowest BCUT2D eigenvalue weighted by Crippen LogP contribution is -2.33. The number of fused-ring (bicyclic) bond motifs is 1. The largest absolute Gasteiger partial charge is 0.332 e. The zero-order chi connectivity index (χ0) is 19.5. The van der Waals surface area contributed by atoms with Crippen molar-refractivity contribution in [2.75, 3.05) is 5.32 Å². The summed E-state index contributed by atoms with van der Waals surface area (Å²) in [6, 6.07) is 17.3. The molecule has 4 rings (SSSR count). The summed E-state index contributed by atoms with van der Waals surface area (Å²) in [7, 11) is 0. The van der Waals surface area contributed by atoms with Gasteiger partial charge in [0, 0.05) is 5.69 Å². The van der Waals surface area contributed by atoms with Crippen LogP contribution in [0.15, 0.2) is 60.0 Å². The van der Waals surface area contributed by atoms with Crippen LogP contribution in [0.25, 0.3) is 16.7 Å². The van der Waals surface area contributed by atoms with Crippen molar-refractivity contribution >= 4 is 51.3 Å². The van der Waals surface area contributed by atoms with Crippen molar-refractivity contribution in [1.82, 2.24) is 20.3 Å².